The maximum absolute atomic E-state index is 13.5. The molecular weight excluding hydrogens is 448 g/mol. The monoisotopic (exact) mass is 486 g/mol. The molecule has 1 aromatic rings. The van der Waals surface area contributed by atoms with Gasteiger partial charge in [0.2, 0.25) is 13.1 Å². The Labute approximate surface area is 207 Å². The number of hydrogen-bond acceptors (Lipinski definition) is 7. The van der Waals surface area contributed by atoms with Crippen LogP contribution in [0.25, 0.3) is 0 Å². The van der Waals surface area contributed by atoms with Crippen molar-refractivity contribution in [3.05, 3.63) is 35.6 Å². The van der Waals surface area contributed by atoms with Crippen molar-refractivity contribution in [3.8, 4) is 11.5 Å². The molecule has 0 unspecified atom stereocenters. The molecule has 0 bridgehead atoms. The first-order chi connectivity index (χ1) is 17.2. The van der Waals surface area contributed by atoms with Gasteiger partial charge in [-0.15, -0.1) is 0 Å². The van der Waals surface area contributed by atoms with Crippen LogP contribution in [0.1, 0.15) is 62.8 Å². The van der Waals surface area contributed by atoms with Gasteiger partial charge in [0, 0.05) is 38.1 Å². The molecule has 1 amide bonds. The first kappa shape index (κ1) is 24.4. The van der Waals surface area contributed by atoms with Crippen molar-refractivity contribution in [2.24, 2.45) is 0 Å². The molecule has 0 spiro atoms. The van der Waals surface area contributed by atoms with Gasteiger partial charge in [0.05, 0.1) is 6.61 Å². The van der Waals surface area contributed by atoms with Crippen molar-refractivity contribution in [2.45, 2.75) is 69.6 Å². The summed E-state index contributed by atoms with van der Waals surface area (Å²) in [5.74, 6) is 1.79. The summed E-state index contributed by atoms with van der Waals surface area (Å²) in [4.78, 5) is 18.1. The lowest BCUT2D eigenvalue weighted by Gasteiger charge is -2.40. The van der Waals surface area contributed by atoms with Crippen molar-refractivity contribution < 1.29 is 28.8 Å². The molecule has 1 N–H and O–H groups in total. The van der Waals surface area contributed by atoms with Gasteiger partial charge >= 0.3 is 0 Å². The molecule has 8 heteroatoms. The minimum absolute atomic E-state index is 0.0223. The van der Waals surface area contributed by atoms with Gasteiger partial charge in [-0.05, 0) is 75.4 Å². The standard InChI is InChI=1S/C27H38N2O6/c30-14-4-5-15-32-26-18-21(20-6-7-23-24(16-20)34-19-33-23)17-25(35-26)27(31)29-12-8-22(9-13-29)28-10-2-1-3-11-28/h6-7,16-17,21-22,26,30H,1-5,8-15,18-19H2/t21-,26+/m1/s1. The summed E-state index contributed by atoms with van der Waals surface area (Å²) in [6.07, 6.45) is 9.47. The van der Waals surface area contributed by atoms with E-state index in [0.717, 1.165) is 49.4 Å². The highest BCUT2D eigenvalue weighted by molar-refractivity contribution is 5.92. The lowest BCUT2D eigenvalue weighted by atomic mass is 9.92. The number of fused-ring (bicyclic) bond motifs is 1. The van der Waals surface area contributed by atoms with E-state index < -0.39 is 6.29 Å². The van der Waals surface area contributed by atoms with Gasteiger partial charge in [0.1, 0.15) is 0 Å². The van der Waals surface area contributed by atoms with E-state index in [1.807, 2.05) is 29.2 Å². The molecule has 0 radical (unpaired) electrons. The molecule has 192 valence electrons. The van der Waals surface area contributed by atoms with Gasteiger partial charge in [-0.3, -0.25) is 4.79 Å². The third-order valence-corrected chi connectivity index (χ3v) is 7.61. The van der Waals surface area contributed by atoms with Gasteiger partial charge in [0.15, 0.2) is 17.3 Å². The van der Waals surface area contributed by atoms with E-state index in [1.165, 1.54) is 32.4 Å². The van der Waals surface area contributed by atoms with Crippen LogP contribution in [0, 0.1) is 0 Å². The van der Waals surface area contributed by atoms with Gasteiger partial charge in [-0.1, -0.05) is 12.5 Å². The first-order valence-electron chi connectivity index (χ1n) is 13.2. The smallest absolute Gasteiger partial charge is 0.288 e. The maximum Gasteiger partial charge on any atom is 0.288 e. The van der Waals surface area contributed by atoms with Crippen molar-refractivity contribution >= 4 is 5.91 Å². The highest BCUT2D eigenvalue weighted by atomic mass is 16.7. The van der Waals surface area contributed by atoms with Crippen molar-refractivity contribution in [3.63, 3.8) is 0 Å². The number of piperidine rings is 2. The molecule has 0 saturated carbocycles. The van der Waals surface area contributed by atoms with Crippen molar-refractivity contribution in [2.75, 3.05) is 46.2 Å². The summed E-state index contributed by atoms with van der Waals surface area (Å²) < 4.78 is 23.1. The molecule has 35 heavy (non-hydrogen) atoms. The van der Waals surface area contributed by atoms with E-state index in [-0.39, 0.29) is 25.2 Å². The second-order valence-electron chi connectivity index (χ2n) is 9.95. The Morgan fingerprint density at radius 3 is 2.63 bits per heavy atom. The van der Waals surface area contributed by atoms with Crippen LogP contribution in [0.5, 0.6) is 11.5 Å². The predicted octanol–water partition coefficient (Wildman–Crippen LogP) is 3.40. The Hall–Kier alpha value is -2.29. The van der Waals surface area contributed by atoms with E-state index in [9.17, 15) is 4.79 Å². The molecular formula is C27H38N2O6. The summed E-state index contributed by atoms with van der Waals surface area (Å²) in [6.45, 7) is 4.78. The van der Waals surface area contributed by atoms with Crippen LogP contribution >= 0.6 is 0 Å². The lowest BCUT2D eigenvalue weighted by molar-refractivity contribution is -0.153. The topological polar surface area (TPSA) is 80.7 Å². The van der Waals surface area contributed by atoms with Gasteiger partial charge in [-0.25, -0.2) is 0 Å². The highest BCUT2D eigenvalue weighted by Crippen LogP contribution is 2.39. The van der Waals surface area contributed by atoms with Crippen LogP contribution in [0.15, 0.2) is 30.0 Å². The number of amides is 1. The molecule has 8 nitrogen and oxygen atoms in total. The number of likely N-dealkylation sites (tertiary alicyclic amines) is 2. The Morgan fingerprint density at radius 1 is 1.03 bits per heavy atom. The second kappa shape index (κ2) is 11.6. The fourth-order valence-corrected chi connectivity index (χ4v) is 5.59. The number of rotatable bonds is 8. The predicted molar refractivity (Wildman–Crippen MR) is 130 cm³/mol. The van der Waals surface area contributed by atoms with Crippen LogP contribution in [-0.4, -0.2) is 79.3 Å². The second-order valence-corrected chi connectivity index (χ2v) is 9.95. The molecule has 4 heterocycles. The average Bonchev–Trinajstić information content (AvgIpc) is 3.39. The number of hydrogen-bond donors (Lipinski definition) is 1. The quantitative estimate of drug-likeness (QED) is 0.564. The number of aliphatic hydroxyl groups is 1. The van der Waals surface area contributed by atoms with Crippen LogP contribution in [0.3, 0.4) is 0 Å². The zero-order valence-electron chi connectivity index (χ0n) is 20.5. The molecule has 1 aromatic carbocycles. The number of allylic oxidation sites excluding steroid dienone is 1. The van der Waals surface area contributed by atoms with E-state index in [2.05, 4.69) is 4.90 Å². The lowest BCUT2D eigenvalue weighted by Crippen LogP contribution is -2.49. The normalized spacial score (nSPS) is 25.3. The van der Waals surface area contributed by atoms with E-state index in [0.29, 0.717) is 31.2 Å². The molecule has 4 aliphatic rings. The average molecular weight is 487 g/mol. The Morgan fingerprint density at radius 2 is 1.83 bits per heavy atom. The minimum Gasteiger partial charge on any atom is -0.459 e. The van der Waals surface area contributed by atoms with Gasteiger partial charge < -0.3 is 33.9 Å². The van der Waals surface area contributed by atoms with Crippen molar-refractivity contribution in [1.29, 1.82) is 0 Å². The molecule has 5 rings (SSSR count). The maximum atomic E-state index is 13.5. The van der Waals surface area contributed by atoms with Gasteiger partial charge in [-0.2, -0.15) is 0 Å². The zero-order valence-corrected chi connectivity index (χ0v) is 20.5. The minimum atomic E-state index is -0.501. The summed E-state index contributed by atoms with van der Waals surface area (Å²) >= 11 is 0. The first-order valence-corrected chi connectivity index (χ1v) is 13.2. The highest BCUT2D eigenvalue weighted by Gasteiger charge is 2.34. The fraction of sp³-hybridized carbons (Fsp3) is 0.667. The number of nitrogens with zero attached hydrogens (tertiary/aromatic N) is 2. The number of ether oxygens (including phenoxy) is 4. The number of benzene rings is 1. The van der Waals surface area contributed by atoms with Crippen molar-refractivity contribution in [1.82, 2.24) is 9.80 Å². The number of carbonyl (C=O) groups excluding carboxylic acids is 1. The Kier molecular flexibility index (Phi) is 8.11. The summed E-state index contributed by atoms with van der Waals surface area (Å²) in [5, 5.41) is 9.06. The molecule has 2 saturated heterocycles. The summed E-state index contributed by atoms with van der Waals surface area (Å²) in [7, 11) is 0. The third-order valence-electron chi connectivity index (χ3n) is 7.61. The molecule has 2 fully saturated rings. The third kappa shape index (κ3) is 5.93. The number of aliphatic hydroxyl groups excluding tert-OH is 1. The number of unbranched alkanes of at least 4 members (excludes halogenated alkanes) is 1. The van der Waals surface area contributed by atoms with Crippen LogP contribution in [0.4, 0.5) is 0 Å². The Bertz CT molecular complexity index is 892. The molecule has 2 atom stereocenters. The Balaban J connectivity index is 1.26. The molecule has 0 aliphatic carbocycles. The largest absolute Gasteiger partial charge is 0.459 e. The van der Waals surface area contributed by atoms with E-state index in [1.54, 1.807) is 0 Å². The van der Waals surface area contributed by atoms with Gasteiger partial charge in [0.25, 0.3) is 5.91 Å². The van der Waals surface area contributed by atoms with E-state index >= 15 is 0 Å². The molecule has 0 aromatic heterocycles. The summed E-state index contributed by atoms with van der Waals surface area (Å²) in [5.41, 5.74) is 1.05. The molecule has 4 aliphatic heterocycles. The van der Waals surface area contributed by atoms with Crippen LogP contribution in [-0.2, 0) is 14.3 Å². The SMILES string of the molecule is O=C(C1=C[C@@H](c2ccc3c(c2)OCO3)C[C@@H](OCCCCO)O1)N1CCC(N2CCCCC2)CC1. The van der Waals surface area contributed by atoms with Crippen LogP contribution in [0.2, 0.25) is 0 Å². The van der Waals surface area contributed by atoms with Crippen LogP contribution < -0.4 is 9.47 Å². The summed E-state index contributed by atoms with van der Waals surface area (Å²) in [6, 6.07) is 6.52. The fourth-order valence-electron chi connectivity index (χ4n) is 5.59. The number of carbonyl (C=O) groups is 1. The zero-order chi connectivity index (χ0) is 24.0. The van der Waals surface area contributed by atoms with E-state index in [4.69, 9.17) is 24.1 Å².